The summed E-state index contributed by atoms with van der Waals surface area (Å²) in [6, 6.07) is 0.325. The van der Waals surface area contributed by atoms with E-state index in [0.29, 0.717) is 12.0 Å². The first-order valence-corrected chi connectivity index (χ1v) is 7.61. The molecule has 0 spiro atoms. The van der Waals surface area contributed by atoms with Crippen LogP contribution >= 0.6 is 0 Å². The normalized spacial score (nSPS) is 28.4. The van der Waals surface area contributed by atoms with Crippen molar-refractivity contribution in [2.45, 2.75) is 25.3 Å². The number of hydrogen-bond acceptors (Lipinski definition) is 5. The van der Waals surface area contributed by atoms with Crippen molar-refractivity contribution in [1.82, 2.24) is 19.8 Å². The Balaban J connectivity index is 1.82. The molecule has 1 aromatic heterocycles. The summed E-state index contributed by atoms with van der Waals surface area (Å²) in [5.74, 6) is 1.60. The van der Waals surface area contributed by atoms with E-state index in [1.807, 2.05) is 6.20 Å². The summed E-state index contributed by atoms with van der Waals surface area (Å²) < 4.78 is 0. The topological polar surface area (TPSA) is 58.3 Å². The number of rotatable bonds is 2. The van der Waals surface area contributed by atoms with Gasteiger partial charge in [-0.15, -0.1) is 0 Å². The summed E-state index contributed by atoms with van der Waals surface area (Å²) in [4.78, 5) is 14.2. The van der Waals surface area contributed by atoms with E-state index in [2.05, 4.69) is 28.9 Å². The smallest absolute Gasteiger partial charge is 0.146 e. The number of piperazine rings is 1. The van der Waals surface area contributed by atoms with E-state index in [1.54, 1.807) is 0 Å². The van der Waals surface area contributed by atoms with Crippen LogP contribution in [0.5, 0.6) is 0 Å². The van der Waals surface area contributed by atoms with Gasteiger partial charge in [-0.2, -0.15) is 0 Å². The average Bonchev–Trinajstić information content (AvgIpc) is 2.48. The van der Waals surface area contributed by atoms with Crippen LogP contribution in [-0.4, -0.2) is 60.0 Å². The summed E-state index contributed by atoms with van der Waals surface area (Å²) in [6.07, 6.45) is 5.31. The SMILES string of the molecule is CN1CCN(C)C(c2ncc3c(n2)CCC(CN)C3)C1. The third kappa shape index (κ3) is 2.71. The Morgan fingerprint density at radius 3 is 3.00 bits per heavy atom. The quantitative estimate of drug-likeness (QED) is 0.850. The fourth-order valence-electron chi connectivity index (χ4n) is 3.25. The maximum absolute atomic E-state index is 5.79. The highest BCUT2D eigenvalue weighted by Gasteiger charge is 2.27. The van der Waals surface area contributed by atoms with Crippen LogP contribution in [-0.2, 0) is 12.8 Å². The Hall–Kier alpha value is -1.04. The molecule has 1 fully saturated rings. The van der Waals surface area contributed by atoms with Gasteiger partial charge in [0.25, 0.3) is 0 Å². The number of nitrogens with zero attached hydrogens (tertiary/aromatic N) is 4. The zero-order valence-corrected chi connectivity index (χ0v) is 12.5. The molecule has 20 heavy (non-hydrogen) atoms. The molecule has 0 bridgehead atoms. The Morgan fingerprint density at radius 1 is 1.35 bits per heavy atom. The molecule has 1 aliphatic carbocycles. The summed E-state index contributed by atoms with van der Waals surface area (Å²) in [7, 11) is 4.34. The molecule has 2 heterocycles. The number of fused-ring (bicyclic) bond motifs is 1. The van der Waals surface area contributed by atoms with E-state index < -0.39 is 0 Å². The van der Waals surface area contributed by atoms with Gasteiger partial charge in [-0.05, 0) is 51.4 Å². The molecule has 2 atom stereocenters. The van der Waals surface area contributed by atoms with Crippen LogP contribution in [0.2, 0.25) is 0 Å². The maximum atomic E-state index is 5.79. The molecule has 1 aliphatic heterocycles. The number of aromatic nitrogens is 2. The zero-order valence-electron chi connectivity index (χ0n) is 12.5. The lowest BCUT2D eigenvalue weighted by Gasteiger charge is -2.37. The van der Waals surface area contributed by atoms with Gasteiger partial charge in [0.15, 0.2) is 0 Å². The van der Waals surface area contributed by atoms with Crippen molar-refractivity contribution >= 4 is 0 Å². The summed E-state index contributed by atoms with van der Waals surface area (Å²) in [5, 5.41) is 0. The predicted molar refractivity (Wildman–Crippen MR) is 79.5 cm³/mol. The molecule has 5 nitrogen and oxygen atoms in total. The van der Waals surface area contributed by atoms with Crippen LogP contribution in [0.15, 0.2) is 6.20 Å². The third-order valence-electron chi connectivity index (χ3n) is 4.75. The van der Waals surface area contributed by atoms with Gasteiger partial charge >= 0.3 is 0 Å². The predicted octanol–water partition coefficient (Wildman–Crippen LogP) is 0.459. The van der Waals surface area contributed by atoms with Crippen molar-refractivity contribution in [3.8, 4) is 0 Å². The highest BCUT2D eigenvalue weighted by molar-refractivity contribution is 5.22. The monoisotopic (exact) mass is 275 g/mol. The lowest BCUT2D eigenvalue weighted by Crippen LogP contribution is -2.45. The molecule has 2 N–H and O–H groups in total. The van der Waals surface area contributed by atoms with Gasteiger partial charge in [-0.3, -0.25) is 4.90 Å². The molecule has 0 aromatic carbocycles. The zero-order chi connectivity index (χ0) is 14.1. The van der Waals surface area contributed by atoms with Crippen molar-refractivity contribution in [1.29, 1.82) is 0 Å². The fraction of sp³-hybridized carbons (Fsp3) is 0.733. The van der Waals surface area contributed by atoms with Gasteiger partial charge in [-0.25, -0.2) is 9.97 Å². The van der Waals surface area contributed by atoms with Crippen LogP contribution < -0.4 is 5.73 Å². The lowest BCUT2D eigenvalue weighted by molar-refractivity contribution is 0.109. The van der Waals surface area contributed by atoms with Crippen LogP contribution in [0.25, 0.3) is 0 Å². The first-order chi connectivity index (χ1) is 9.67. The molecule has 0 radical (unpaired) electrons. The van der Waals surface area contributed by atoms with Gasteiger partial charge in [0, 0.05) is 31.5 Å². The van der Waals surface area contributed by atoms with E-state index in [1.165, 1.54) is 17.7 Å². The molecule has 0 saturated carbocycles. The number of aryl methyl sites for hydroxylation is 1. The van der Waals surface area contributed by atoms with Gasteiger partial charge in [-0.1, -0.05) is 0 Å². The second-order valence-corrected chi connectivity index (χ2v) is 6.30. The summed E-state index contributed by atoms with van der Waals surface area (Å²) in [5.41, 5.74) is 8.35. The summed E-state index contributed by atoms with van der Waals surface area (Å²) >= 11 is 0. The van der Waals surface area contributed by atoms with Gasteiger partial charge in [0.05, 0.1) is 6.04 Å². The molecule has 2 aliphatic rings. The van der Waals surface area contributed by atoms with Crippen molar-refractivity contribution in [3.63, 3.8) is 0 Å². The Bertz CT molecular complexity index is 475. The minimum atomic E-state index is 0.325. The molecule has 110 valence electrons. The van der Waals surface area contributed by atoms with Crippen molar-refractivity contribution in [2.75, 3.05) is 40.3 Å². The first kappa shape index (κ1) is 13.9. The highest BCUT2D eigenvalue weighted by Crippen LogP contribution is 2.26. The van der Waals surface area contributed by atoms with Crippen LogP contribution in [0.1, 0.15) is 29.5 Å². The maximum Gasteiger partial charge on any atom is 0.146 e. The van der Waals surface area contributed by atoms with Gasteiger partial charge in [0.2, 0.25) is 0 Å². The molecule has 1 saturated heterocycles. The highest BCUT2D eigenvalue weighted by atomic mass is 15.3. The molecular formula is C15H25N5. The number of hydrogen-bond donors (Lipinski definition) is 1. The third-order valence-corrected chi connectivity index (χ3v) is 4.75. The van der Waals surface area contributed by atoms with Crippen molar-refractivity contribution < 1.29 is 0 Å². The minimum absolute atomic E-state index is 0.325. The lowest BCUT2D eigenvalue weighted by atomic mass is 9.87. The van der Waals surface area contributed by atoms with Crippen molar-refractivity contribution in [2.24, 2.45) is 11.7 Å². The average molecular weight is 275 g/mol. The second kappa shape index (κ2) is 5.76. The van der Waals surface area contributed by atoms with Crippen LogP contribution in [0.4, 0.5) is 0 Å². The standard InChI is InChI=1S/C15H25N5/c1-19-5-6-20(2)14(10-19)15-17-9-12-7-11(8-16)3-4-13(12)18-15/h9,11,14H,3-8,10,16H2,1-2H3. The van der Waals surface area contributed by atoms with E-state index in [0.717, 1.165) is 44.8 Å². The molecule has 0 amide bonds. The Kier molecular flexibility index (Phi) is 4.01. The number of likely N-dealkylation sites (N-methyl/N-ethyl adjacent to an activating group) is 2. The fourth-order valence-corrected chi connectivity index (χ4v) is 3.25. The number of nitrogens with two attached hydrogens (primary N) is 1. The van der Waals surface area contributed by atoms with E-state index in [-0.39, 0.29) is 0 Å². The van der Waals surface area contributed by atoms with E-state index >= 15 is 0 Å². The van der Waals surface area contributed by atoms with Gasteiger partial charge < -0.3 is 10.6 Å². The Labute approximate surface area is 121 Å². The van der Waals surface area contributed by atoms with Gasteiger partial charge in [0.1, 0.15) is 5.82 Å². The first-order valence-electron chi connectivity index (χ1n) is 7.61. The van der Waals surface area contributed by atoms with Crippen LogP contribution in [0, 0.1) is 5.92 Å². The van der Waals surface area contributed by atoms with E-state index in [9.17, 15) is 0 Å². The van der Waals surface area contributed by atoms with Crippen molar-refractivity contribution in [3.05, 3.63) is 23.3 Å². The Morgan fingerprint density at radius 2 is 2.20 bits per heavy atom. The summed E-state index contributed by atoms with van der Waals surface area (Å²) in [6.45, 7) is 3.99. The molecular weight excluding hydrogens is 250 g/mol. The second-order valence-electron chi connectivity index (χ2n) is 6.30. The minimum Gasteiger partial charge on any atom is -0.330 e. The molecule has 5 heteroatoms. The van der Waals surface area contributed by atoms with E-state index in [4.69, 9.17) is 10.7 Å². The molecule has 3 rings (SSSR count). The largest absolute Gasteiger partial charge is 0.330 e. The molecule has 1 aromatic rings. The van der Waals surface area contributed by atoms with Crippen LogP contribution in [0.3, 0.4) is 0 Å². The molecule has 2 unspecified atom stereocenters.